The van der Waals surface area contributed by atoms with E-state index in [1.165, 1.54) is 11.3 Å². The van der Waals surface area contributed by atoms with Gasteiger partial charge in [-0.05, 0) is 17.5 Å². The quantitative estimate of drug-likeness (QED) is 0.459. The van der Waals surface area contributed by atoms with Crippen molar-refractivity contribution in [1.29, 1.82) is 0 Å². The van der Waals surface area contributed by atoms with E-state index >= 15 is 0 Å². The Hall–Kier alpha value is -3.53. The first-order chi connectivity index (χ1) is 13.7. The Labute approximate surface area is 162 Å². The average Bonchev–Trinajstić information content (AvgIpc) is 3.46. The molecule has 3 aromatic heterocycles. The Morgan fingerprint density at radius 2 is 2.14 bits per heavy atom. The average molecular weight is 397 g/mol. The molecule has 0 aliphatic heterocycles. The van der Waals surface area contributed by atoms with Crippen LogP contribution in [0.5, 0.6) is 0 Å². The van der Waals surface area contributed by atoms with Gasteiger partial charge in [-0.3, -0.25) is 14.7 Å². The van der Waals surface area contributed by atoms with Gasteiger partial charge < -0.3 is 14.6 Å². The van der Waals surface area contributed by atoms with Crippen LogP contribution < -0.4 is 5.32 Å². The van der Waals surface area contributed by atoms with Gasteiger partial charge in [0, 0.05) is 22.9 Å². The summed E-state index contributed by atoms with van der Waals surface area (Å²) in [5.74, 6) is -0.183. The van der Waals surface area contributed by atoms with E-state index in [2.05, 4.69) is 25.7 Å². The number of fused-ring (bicyclic) bond motifs is 1. The second kappa shape index (κ2) is 8.01. The van der Waals surface area contributed by atoms with E-state index in [1.54, 1.807) is 6.07 Å². The Kier molecular flexibility index (Phi) is 5.11. The van der Waals surface area contributed by atoms with Gasteiger partial charge in [-0.25, -0.2) is 0 Å². The molecule has 0 saturated carbocycles. The molecule has 28 heavy (non-hydrogen) atoms. The molecule has 0 fully saturated rings. The minimum atomic E-state index is -0.484. The van der Waals surface area contributed by atoms with E-state index in [1.807, 2.05) is 35.0 Å². The van der Waals surface area contributed by atoms with Crippen molar-refractivity contribution in [2.24, 2.45) is 0 Å². The third kappa shape index (κ3) is 3.91. The maximum atomic E-state index is 12.2. The zero-order valence-electron chi connectivity index (χ0n) is 14.5. The van der Waals surface area contributed by atoms with Crippen LogP contribution in [0.3, 0.4) is 0 Å². The molecular weight excluding hydrogens is 382 g/mol. The highest BCUT2D eigenvalue weighted by Crippen LogP contribution is 2.19. The lowest BCUT2D eigenvalue weighted by Crippen LogP contribution is -2.27. The van der Waals surface area contributed by atoms with Crippen molar-refractivity contribution >= 4 is 34.1 Å². The van der Waals surface area contributed by atoms with Crippen molar-refractivity contribution in [2.45, 2.75) is 13.0 Å². The molecule has 0 spiro atoms. The molecule has 9 nitrogen and oxygen atoms in total. The maximum absolute atomic E-state index is 12.2. The van der Waals surface area contributed by atoms with Gasteiger partial charge in [0.05, 0.1) is 11.9 Å². The van der Waals surface area contributed by atoms with Crippen LogP contribution in [0.1, 0.15) is 22.8 Å². The van der Waals surface area contributed by atoms with Crippen LogP contribution in [0.4, 0.5) is 0 Å². The Morgan fingerprint density at radius 1 is 1.25 bits per heavy atom. The number of carbonyl (C=O) groups is 2. The van der Waals surface area contributed by atoms with Gasteiger partial charge in [0.2, 0.25) is 5.82 Å². The van der Waals surface area contributed by atoms with Crippen LogP contribution in [0.25, 0.3) is 22.3 Å². The van der Waals surface area contributed by atoms with Gasteiger partial charge in [-0.1, -0.05) is 23.4 Å². The molecule has 10 heteroatoms. The topological polar surface area (TPSA) is 123 Å². The van der Waals surface area contributed by atoms with Crippen LogP contribution in [0.15, 0.2) is 45.6 Å². The Balaban J connectivity index is 1.23. The van der Waals surface area contributed by atoms with Gasteiger partial charge in [-0.2, -0.15) is 21.4 Å². The van der Waals surface area contributed by atoms with Crippen molar-refractivity contribution in [3.8, 4) is 11.4 Å². The SMILES string of the molecule is O=C(CCNC(=O)c1n[nH]c2ccccc12)OCc1nc(-c2ccsc2)no1. The minimum Gasteiger partial charge on any atom is -0.456 e. The lowest BCUT2D eigenvalue weighted by molar-refractivity contribution is -0.145. The molecule has 3 heterocycles. The highest BCUT2D eigenvalue weighted by atomic mass is 32.1. The number of aromatic nitrogens is 4. The van der Waals surface area contributed by atoms with E-state index in [9.17, 15) is 9.59 Å². The highest BCUT2D eigenvalue weighted by Gasteiger charge is 2.15. The lowest BCUT2D eigenvalue weighted by atomic mass is 10.2. The number of hydrogen-bond acceptors (Lipinski definition) is 8. The van der Waals surface area contributed by atoms with E-state index in [-0.39, 0.29) is 37.1 Å². The third-order valence-electron chi connectivity index (χ3n) is 3.90. The standard InChI is InChI=1S/C18H15N5O4S/c24-15(26-9-14-20-17(23-27-14)11-6-8-28-10-11)5-7-19-18(25)16-12-3-1-2-4-13(12)21-22-16/h1-4,6,8,10H,5,7,9H2,(H,19,25)(H,21,22). The molecule has 4 rings (SSSR count). The van der Waals surface area contributed by atoms with Crippen molar-refractivity contribution in [3.05, 3.63) is 52.7 Å². The molecule has 2 N–H and O–H groups in total. The van der Waals surface area contributed by atoms with Crippen molar-refractivity contribution in [3.63, 3.8) is 0 Å². The van der Waals surface area contributed by atoms with Crippen LogP contribution >= 0.6 is 11.3 Å². The first kappa shape index (κ1) is 17.9. The van der Waals surface area contributed by atoms with Crippen LogP contribution in [0, 0.1) is 0 Å². The van der Waals surface area contributed by atoms with Gasteiger partial charge >= 0.3 is 5.97 Å². The number of ether oxygens (including phenoxy) is 1. The molecule has 0 aliphatic carbocycles. The number of H-pyrrole nitrogens is 1. The molecule has 4 aromatic rings. The summed E-state index contributed by atoms with van der Waals surface area (Å²) in [5, 5.41) is 17.8. The summed E-state index contributed by atoms with van der Waals surface area (Å²) in [6, 6.07) is 9.18. The first-order valence-corrected chi connectivity index (χ1v) is 9.37. The van der Waals surface area contributed by atoms with Crippen molar-refractivity contribution < 1.29 is 18.8 Å². The molecule has 1 aromatic carbocycles. The van der Waals surface area contributed by atoms with E-state index in [0.717, 1.165) is 16.5 Å². The predicted octanol–water partition coefficient (Wildman–Crippen LogP) is 2.54. The first-order valence-electron chi connectivity index (χ1n) is 8.43. The van der Waals surface area contributed by atoms with E-state index < -0.39 is 5.97 Å². The summed E-state index contributed by atoms with van der Waals surface area (Å²) in [6.45, 7) is 0.0107. The highest BCUT2D eigenvalue weighted by molar-refractivity contribution is 7.08. The van der Waals surface area contributed by atoms with Gasteiger partial charge in [0.1, 0.15) is 0 Å². The Morgan fingerprint density at radius 3 is 3.00 bits per heavy atom. The molecule has 0 aliphatic rings. The number of hydrogen-bond donors (Lipinski definition) is 2. The molecule has 142 valence electrons. The number of amides is 1. The zero-order valence-corrected chi connectivity index (χ0v) is 15.4. The number of benzene rings is 1. The van der Waals surface area contributed by atoms with E-state index in [0.29, 0.717) is 5.82 Å². The molecular formula is C18H15N5O4S. The van der Waals surface area contributed by atoms with E-state index in [4.69, 9.17) is 9.26 Å². The summed E-state index contributed by atoms with van der Waals surface area (Å²) in [4.78, 5) is 28.2. The summed E-state index contributed by atoms with van der Waals surface area (Å²) < 4.78 is 10.2. The normalized spacial score (nSPS) is 10.9. The second-order valence-electron chi connectivity index (χ2n) is 5.81. The summed E-state index contributed by atoms with van der Waals surface area (Å²) in [6.07, 6.45) is 0.0135. The molecule has 0 saturated heterocycles. The monoisotopic (exact) mass is 397 g/mol. The number of para-hydroxylation sites is 1. The number of aromatic amines is 1. The number of esters is 1. The van der Waals surface area contributed by atoms with Gasteiger partial charge in [-0.15, -0.1) is 0 Å². The zero-order chi connectivity index (χ0) is 19.3. The molecule has 0 unspecified atom stereocenters. The van der Waals surface area contributed by atoms with Crippen LogP contribution in [0.2, 0.25) is 0 Å². The number of thiophene rings is 1. The predicted molar refractivity (Wildman–Crippen MR) is 100 cm³/mol. The van der Waals surface area contributed by atoms with Crippen LogP contribution in [-0.2, 0) is 16.1 Å². The number of carbonyl (C=O) groups excluding carboxylic acids is 2. The van der Waals surface area contributed by atoms with Crippen LogP contribution in [-0.4, -0.2) is 38.8 Å². The van der Waals surface area contributed by atoms with Gasteiger partial charge in [0.25, 0.3) is 11.8 Å². The maximum Gasteiger partial charge on any atom is 0.308 e. The summed E-state index contributed by atoms with van der Waals surface area (Å²) >= 11 is 1.52. The summed E-state index contributed by atoms with van der Waals surface area (Å²) in [7, 11) is 0. The second-order valence-corrected chi connectivity index (χ2v) is 6.59. The fourth-order valence-corrected chi connectivity index (χ4v) is 3.17. The van der Waals surface area contributed by atoms with Crippen molar-refractivity contribution in [2.75, 3.05) is 6.54 Å². The number of nitrogens with zero attached hydrogens (tertiary/aromatic N) is 3. The minimum absolute atomic E-state index is 0.0135. The smallest absolute Gasteiger partial charge is 0.308 e. The lowest BCUT2D eigenvalue weighted by Gasteiger charge is -2.04. The van der Waals surface area contributed by atoms with Crippen molar-refractivity contribution in [1.82, 2.24) is 25.7 Å². The number of nitrogens with one attached hydrogen (secondary N) is 2. The van der Waals surface area contributed by atoms with Gasteiger partial charge in [0.15, 0.2) is 12.3 Å². The Bertz CT molecular complexity index is 1100. The molecule has 0 radical (unpaired) electrons. The molecule has 0 atom stereocenters. The molecule has 1 amide bonds. The molecule has 0 bridgehead atoms. The summed E-state index contributed by atoms with van der Waals surface area (Å²) in [5.41, 5.74) is 1.91. The largest absolute Gasteiger partial charge is 0.456 e. The third-order valence-corrected chi connectivity index (χ3v) is 4.59. The fraction of sp³-hybridized carbons (Fsp3) is 0.167. The number of rotatable bonds is 7. The fourth-order valence-electron chi connectivity index (χ4n) is 2.54.